The summed E-state index contributed by atoms with van der Waals surface area (Å²) in [5.41, 5.74) is 0. The van der Waals surface area contributed by atoms with Gasteiger partial charge >= 0.3 is 0 Å². The summed E-state index contributed by atoms with van der Waals surface area (Å²) in [6.45, 7) is 0. The number of aliphatic hydroxyl groups is 14. The molecule has 15 aliphatic rings. The SMILES string of the molecule is O[C@@H]1[C@H]2O[C@H]3[C@H](O)[C@@H](O)[C@@H](O[C@H]4[C@H](O)[C@@H](O)[C@@H](O[C@H]5[C@H](O)[C@@H](O)[C@@H](O[C@H]6[C@H](O)[C@@H](O)[C@@H](O[C@H]7[C@@H](O)[C@H](O)[C@@H](O[C@H]8[C@@H](O)[C@H](O)[C@@H](O[C@@H]([C@H]1O)[C@@H](CS)O2)O[C@@H]8CS)O[C@@H]7CS)O[C@@H]6CS)O[C@@H]5CS)O[C@@H]4CS)O[C@@H]3CS. The number of thiol groups is 7. The Morgan fingerprint density at radius 3 is 0.364 bits per heavy atom. The Labute approximate surface area is 478 Å². The van der Waals surface area contributed by atoms with Crippen molar-refractivity contribution in [2.24, 2.45) is 0 Å². The Morgan fingerprint density at radius 2 is 0.273 bits per heavy atom. The average molecular weight is 1250 g/mol. The summed E-state index contributed by atoms with van der Waals surface area (Å²) in [4.78, 5) is 0. The largest absolute Gasteiger partial charge is 0.387 e. The minimum Gasteiger partial charge on any atom is -0.387 e. The predicted octanol–water partition coefficient (Wildman–Crippen LogP) is -8.67. The van der Waals surface area contributed by atoms with E-state index in [0.717, 1.165) is 0 Å². The first-order valence-corrected chi connectivity index (χ1v) is 29.0. The normalized spacial score (nSPS) is 55.4. The summed E-state index contributed by atoms with van der Waals surface area (Å²) in [7, 11) is 0. The van der Waals surface area contributed by atoms with Gasteiger partial charge in [-0.3, -0.25) is 0 Å². The zero-order chi connectivity index (χ0) is 56.1. The molecule has 0 aromatic carbocycles. The van der Waals surface area contributed by atoms with Crippen LogP contribution >= 0.6 is 88.4 Å². The molecule has 15 aliphatic heterocycles. The lowest BCUT2D eigenvalue weighted by Crippen LogP contribution is -2.68. The van der Waals surface area contributed by atoms with Crippen molar-refractivity contribution < 1.29 is 138 Å². The van der Waals surface area contributed by atoms with Crippen molar-refractivity contribution in [1.82, 2.24) is 0 Å². The maximum atomic E-state index is 11.5. The highest BCUT2D eigenvalue weighted by Crippen LogP contribution is 2.39. The second-order valence-electron chi connectivity index (χ2n) is 19.7. The van der Waals surface area contributed by atoms with E-state index in [-0.39, 0.29) is 40.3 Å². The van der Waals surface area contributed by atoms with Crippen LogP contribution in [0.5, 0.6) is 0 Å². The first-order chi connectivity index (χ1) is 36.7. The minimum atomic E-state index is -1.99. The highest BCUT2D eigenvalue weighted by molar-refractivity contribution is 7.81. The molecule has 0 aromatic rings. The first kappa shape index (κ1) is 64.3. The molecule has 0 spiro atoms. The van der Waals surface area contributed by atoms with E-state index >= 15 is 0 Å². The molecule has 35 atom stereocenters. The Balaban J connectivity index is 1.08. The van der Waals surface area contributed by atoms with E-state index in [1.165, 1.54) is 0 Å². The van der Waals surface area contributed by atoms with Crippen molar-refractivity contribution in [3.8, 4) is 0 Å². The number of fused-ring (bicyclic) bond motifs is 7. The smallest absolute Gasteiger partial charge is 0.187 e. The number of hydrogen-bond acceptors (Lipinski definition) is 35. The molecule has 0 saturated carbocycles. The number of aliphatic hydroxyl groups excluding tert-OH is 14. The van der Waals surface area contributed by atoms with E-state index in [1.54, 1.807) is 0 Å². The summed E-state index contributed by atoms with van der Waals surface area (Å²) in [5, 5.41) is 160. The van der Waals surface area contributed by atoms with Crippen molar-refractivity contribution in [3.63, 3.8) is 0 Å². The average Bonchev–Trinajstić information content (AvgIpc) is 3.42. The Kier molecular flexibility index (Phi) is 23.2. The summed E-state index contributed by atoms with van der Waals surface area (Å²) in [6, 6.07) is 0. The van der Waals surface area contributed by atoms with Crippen LogP contribution in [0.25, 0.3) is 0 Å². The molecule has 15 rings (SSSR count). The zero-order valence-corrected chi connectivity index (χ0v) is 46.5. The van der Waals surface area contributed by atoms with Gasteiger partial charge in [-0.05, 0) is 0 Å². The molecular formula is C42H70O28S7. The van der Waals surface area contributed by atoms with Crippen LogP contribution in [0.1, 0.15) is 0 Å². The van der Waals surface area contributed by atoms with Gasteiger partial charge in [-0.25, -0.2) is 0 Å². The van der Waals surface area contributed by atoms with Gasteiger partial charge in [0.25, 0.3) is 0 Å². The van der Waals surface area contributed by atoms with Crippen LogP contribution in [-0.4, -0.2) is 327 Å². The molecule has 15 fully saturated rings. The Hall–Kier alpha value is 1.33. The molecule has 14 bridgehead atoms. The standard InChI is InChI=1S/C42H70O28S7/c43-15-22(50)36-57-8(1-71)29(15)64-37-23(51)16(44)31(10(3-73)58-37)66-39-25(53)18(46)33(12(5-75)60-39)68-41-27(55)20(48)35(14(7-77)62-41)70-42-28(56)21(49)34(13(6-76)63-42)69-40-26(54)19(47)32(11(4-74)61-40)67-38-24(52)17(45)30(65-36)9(2-72)59-38/h8-56,71-77H,1-7H2/t8-,9-,10-,11-,12-,13-,14-,15-,16-,17-,18-,19+,20+,21+,22-,23-,24-,25-,26+,27+,28+,29-,30-,31-,32-,33-,34-,35-,36-,37-,38-,39-,40-,41-,42-/m1/s1. The van der Waals surface area contributed by atoms with Crippen molar-refractivity contribution in [1.29, 1.82) is 0 Å². The van der Waals surface area contributed by atoms with E-state index in [4.69, 9.17) is 66.3 Å². The molecule has 0 amide bonds. The van der Waals surface area contributed by atoms with Gasteiger partial charge in [-0.15, -0.1) is 0 Å². The van der Waals surface area contributed by atoms with Gasteiger partial charge in [-0.2, -0.15) is 88.4 Å². The maximum Gasteiger partial charge on any atom is 0.187 e. The highest BCUT2D eigenvalue weighted by Gasteiger charge is 2.59. The molecule has 0 unspecified atom stereocenters. The van der Waals surface area contributed by atoms with E-state index < -0.39 is 215 Å². The molecule has 28 nitrogen and oxygen atoms in total. The summed E-state index contributed by atoms with van der Waals surface area (Å²) < 4.78 is 83.5. The van der Waals surface area contributed by atoms with Crippen LogP contribution < -0.4 is 0 Å². The van der Waals surface area contributed by atoms with Gasteiger partial charge in [0, 0.05) is 40.3 Å². The molecule has 35 heteroatoms. The molecule has 0 aliphatic carbocycles. The summed E-state index contributed by atoms with van der Waals surface area (Å²) in [6.07, 6.45) is -59.8. The Morgan fingerprint density at radius 1 is 0.169 bits per heavy atom. The van der Waals surface area contributed by atoms with Crippen LogP contribution in [0.3, 0.4) is 0 Å². The first-order valence-electron chi connectivity index (χ1n) is 24.6. The fraction of sp³-hybridized carbons (Fsp3) is 1.00. The molecule has 448 valence electrons. The lowest BCUT2D eigenvalue weighted by Gasteiger charge is -2.50. The van der Waals surface area contributed by atoms with Crippen molar-refractivity contribution in [2.45, 2.75) is 215 Å². The van der Waals surface area contributed by atoms with Gasteiger partial charge in [0.1, 0.15) is 128 Å². The number of rotatable bonds is 7. The van der Waals surface area contributed by atoms with Crippen LogP contribution in [0.4, 0.5) is 0 Å². The van der Waals surface area contributed by atoms with Gasteiger partial charge in [0.15, 0.2) is 44.0 Å². The molecule has 15 heterocycles. The molecular weight excluding hydrogens is 1180 g/mol. The van der Waals surface area contributed by atoms with Gasteiger partial charge in [0.2, 0.25) is 0 Å². The van der Waals surface area contributed by atoms with Crippen LogP contribution in [0.15, 0.2) is 0 Å². The molecule has 77 heavy (non-hydrogen) atoms. The maximum absolute atomic E-state index is 11.5. The number of hydrogen-bond donors (Lipinski definition) is 21. The minimum absolute atomic E-state index is 0.240. The third-order valence-electron chi connectivity index (χ3n) is 14.8. The third kappa shape index (κ3) is 13.1. The van der Waals surface area contributed by atoms with Crippen LogP contribution in [0.2, 0.25) is 0 Å². The van der Waals surface area contributed by atoms with Crippen molar-refractivity contribution in [2.75, 3.05) is 40.3 Å². The summed E-state index contributed by atoms with van der Waals surface area (Å²) in [5.74, 6) is -1.68. The quantitative estimate of drug-likeness (QED) is 0.105. The lowest BCUT2D eigenvalue weighted by molar-refractivity contribution is -0.389. The molecule has 15 saturated heterocycles. The molecule has 0 aromatic heterocycles. The third-order valence-corrected chi connectivity index (χ3v) is 17.3. The monoisotopic (exact) mass is 1250 g/mol. The fourth-order valence-corrected chi connectivity index (χ4v) is 12.5. The van der Waals surface area contributed by atoms with Gasteiger partial charge in [0.05, 0.1) is 42.7 Å². The topological polar surface area (TPSA) is 412 Å². The van der Waals surface area contributed by atoms with Crippen LogP contribution in [0, 0.1) is 0 Å². The number of ether oxygens (including phenoxy) is 14. The van der Waals surface area contributed by atoms with E-state index in [0.29, 0.717) is 0 Å². The zero-order valence-electron chi connectivity index (χ0n) is 40.3. The van der Waals surface area contributed by atoms with Crippen molar-refractivity contribution in [3.05, 3.63) is 0 Å². The second-order valence-corrected chi connectivity index (χ2v) is 22.2. The Bertz CT molecular complexity index is 1490. The molecule has 0 radical (unpaired) electrons. The summed E-state index contributed by atoms with van der Waals surface area (Å²) >= 11 is 30.2. The second kappa shape index (κ2) is 27.8. The lowest BCUT2D eigenvalue weighted by atomic mass is 9.95. The van der Waals surface area contributed by atoms with E-state index in [2.05, 4.69) is 88.4 Å². The van der Waals surface area contributed by atoms with Gasteiger partial charge in [-0.1, -0.05) is 0 Å². The van der Waals surface area contributed by atoms with E-state index in [9.17, 15) is 71.5 Å². The molecule has 14 N–H and O–H groups in total. The fourth-order valence-electron chi connectivity index (χ4n) is 10.4. The van der Waals surface area contributed by atoms with E-state index in [1.807, 2.05) is 0 Å². The predicted molar refractivity (Wildman–Crippen MR) is 276 cm³/mol. The highest BCUT2D eigenvalue weighted by atomic mass is 32.1. The van der Waals surface area contributed by atoms with Gasteiger partial charge < -0.3 is 138 Å². The van der Waals surface area contributed by atoms with Crippen molar-refractivity contribution >= 4 is 88.4 Å². The van der Waals surface area contributed by atoms with Crippen LogP contribution in [-0.2, 0) is 66.3 Å².